The number of esters is 1. The summed E-state index contributed by atoms with van der Waals surface area (Å²) in [7, 11) is -2.22. The van der Waals surface area contributed by atoms with Crippen molar-refractivity contribution in [2.75, 3.05) is 18.0 Å². The first-order chi connectivity index (χ1) is 10.9. The third-order valence-corrected chi connectivity index (χ3v) is 5.33. The van der Waals surface area contributed by atoms with Gasteiger partial charge in [-0.15, -0.1) is 0 Å². The number of rotatable bonds is 5. The van der Waals surface area contributed by atoms with E-state index in [1.165, 1.54) is 23.5 Å². The zero-order valence-corrected chi connectivity index (χ0v) is 14.1. The van der Waals surface area contributed by atoms with Crippen LogP contribution >= 0.6 is 0 Å². The lowest BCUT2D eigenvalue weighted by molar-refractivity contribution is 0.0525. The van der Waals surface area contributed by atoms with Gasteiger partial charge in [-0.2, -0.15) is 0 Å². The van der Waals surface area contributed by atoms with Crippen molar-refractivity contribution in [2.24, 2.45) is 0 Å². The van der Waals surface area contributed by atoms with Crippen LogP contribution in [0.25, 0.3) is 0 Å². The second kappa shape index (κ2) is 6.83. The van der Waals surface area contributed by atoms with E-state index in [0.29, 0.717) is 16.8 Å². The number of carbonyl (C=O) groups is 1. The van der Waals surface area contributed by atoms with Crippen molar-refractivity contribution in [3.8, 4) is 0 Å². The summed E-state index contributed by atoms with van der Waals surface area (Å²) >= 11 is 0. The van der Waals surface area contributed by atoms with Crippen LogP contribution in [0.1, 0.15) is 22.8 Å². The Morgan fingerprint density at radius 3 is 2.35 bits per heavy atom. The van der Waals surface area contributed by atoms with E-state index in [4.69, 9.17) is 4.74 Å². The van der Waals surface area contributed by atoms with E-state index < -0.39 is 16.0 Å². The van der Waals surface area contributed by atoms with Gasteiger partial charge in [0.25, 0.3) is 10.0 Å². The SMILES string of the molecule is CCOC(=O)c1cccc(N(C)S(=O)(=O)c2ccccc2)c1C. The molecule has 2 aromatic carbocycles. The van der Waals surface area contributed by atoms with E-state index in [1.807, 2.05) is 0 Å². The first-order valence-electron chi connectivity index (χ1n) is 7.20. The molecule has 6 heteroatoms. The first-order valence-corrected chi connectivity index (χ1v) is 8.64. The molecule has 0 aliphatic heterocycles. The molecule has 0 atom stereocenters. The lowest BCUT2D eigenvalue weighted by Crippen LogP contribution is -2.27. The minimum Gasteiger partial charge on any atom is -0.462 e. The second-order valence-electron chi connectivity index (χ2n) is 4.96. The van der Waals surface area contributed by atoms with Crippen molar-refractivity contribution in [3.05, 3.63) is 59.7 Å². The van der Waals surface area contributed by atoms with Crippen LogP contribution in [-0.4, -0.2) is 28.0 Å². The molecule has 0 saturated heterocycles. The average molecular weight is 333 g/mol. The van der Waals surface area contributed by atoms with Crippen LogP contribution < -0.4 is 4.31 Å². The average Bonchev–Trinajstić information content (AvgIpc) is 2.55. The van der Waals surface area contributed by atoms with Crippen molar-refractivity contribution in [1.29, 1.82) is 0 Å². The Hall–Kier alpha value is -2.34. The minimum absolute atomic E-state index is 0.198. The Balaban J connectivity index is 2.46. The predicted octanol–water partition coefficient (Wildman–Crippen LogP) is 3.00. The van der Waals surface area contributed by atoms with Crippen LogP contribution in [0.4, 0.5) is 5.69 Å². The third kappa shape index (κ3) is 3.37. The van der Waals surface area contributed by atoms with Crippen LogP contribution in [0.2, 0.25) is 0 Å². The van der Waals surface area contributed by atoms with Crippen molar-refractivity contribution < 1.29 is 17.9 Å². The molecule has 0 aliphatic rings. The molecule has 0 bridgehead atoms. The molecule has 5 nitrogen and oxygen atoms in total. The Kier molecular flexibility index (Phi) is 5.05. The van der Waals surface area contributed by atoms with Gasteiger partial charge in [0.2, 0.25) is 0 Å². The van der Waals surface area contributed by atoms with Gasteiger partial charge in [-0.05, 0) is 43.7 Å². The molecule has 2 aromatic rings. The monoisotopic (exact) mass is 333 g/mol. The fraction of sp³-hybridized carbons (Fsp3) is 0.235. The van der Waals surface area contributed by atoms with E-state index in [0.717, 1.165) is 0 Å². The molecule has 0 unspecified atom stereocenters. The number of nitrogens with zero attached hydrogens (tertiary/aromatic N) is 1. The summed E-state index contributed by atoms with van der Waals surface area (Å²) in [4.78, 5) is 12.2. The highest BCUT2D eigenvalue weighted by atomic mass is 32.2. The summed E-state index contributed by atoms with van der Waals surface area (Å²) in [5, 5.41) is 0. The summed E-state index contributed by atoms with van der Waals surface area (Å²) in [6.45, 7) is 3.70. The number of anilines is 1. The van der Waals surface area contributed by atoms with Gasteiger partial charge in [0.15, 0.2) is 0 Å². The molecule has 122 valence electrons. The largest absolute Gasteiger partial charge is 0.462 e. The molecule has 0 fully saturated rings. The molecule has 0 radical (unpaired) electrons. The standard InChI is InChI=1S/C17H19NO4S/c1-4-22-17(19)15-11-8-12-16(13(15)2)18(3)23(20,21)14-9-6-5-7-10-14/h5-12H,4H2,1-3H3. The van der Waals surface area contributed by atoms with Gasteiger partial charge >= 0.3 is 5.97 Å². The zero-order chi connectivity index (χ0) is 17.0. The van der Waals surface area contributed by atoms with Gasteiger partial charge in [0.1, 0.15) is 0 Å². The lowest BCUT2D eigenvalue weighted by Gasteiger charge is -2.22. The molecular weight excluding hydrogens is 314 g/mol. The molecule has 2 rings (SSSR count). The highest BCUT2D eigenvalue weighted by Crippen LogP contribution is 2.27. The van der Waals surface area contributed by atoms with Crippen molar-refractivity contribution in [1.82, 2.24) is 0 Å². The molecule has 0 aromatic heterocycles. The fourth-order valence-electron chi connectivity index (χ4n) is 2.27. The quantitative estimate of drug-likeness (QED) is 0.789. The van der Waals surface area contributed by atoms with E-state index in [9.17, 15) is 13.2 Å². The number of ether oxygens (including phenoxy) is 1. The van der Waals surface area contributed by atoms with Gasteiger partial charge in [-0.1, -0.05) is 24.3 Å². The van der Waals surface area contributed by atoms with Crippen LogP contribution in [-0.2, 0) is 14.8 Å². The maximum absolute atomic E-state index is 12.7. The van der Waals surface area contributed by atoms with E-state index in [1.54, 1.807) is 50.2 Å². The van der Waals surface area contributed by atoms with Gasteiger partial charge in [0, 0.05) is 7.05 Å². The number of benzene rings is 2. The molecule has 23 heavy (non-hydrogen) atoms. The van der Waals surface area contributed by atoms with Crippen molar-refractivity contribution in [3.63, 3.8) is 0 Å². The highest BCUT2D eigenvalue weighted by Gasteiger charge is 2.24. The van der Waals surface area contributed by atoms with Crippen LogP contribution in [0.3, 0.4) is 0 Å². The van der Waals surface area contributed by atoms with Crippen LogP contribution in [0.5, 0.6) is 0 Å². The molecular formula is C17H19NO4S. The third-order valence-electron chi connectivity index (χ3n) is 3.54. The first kappa shape index (κ1) is 17.0. The summed E-state index contributed by atoms with van der Waals surface area (Å²) in [5.74, 6) is -0.461. The van der Waals surface area contributed by atoms with Gasteiger partial charge < -0.3 is 4.74 Å². The Morgan fingerprint density at radius 2 is 1.74 bits per heavy atom. The molecule has 0 saturated carbocycles. The number of hydrogen-bond acceptors (Lipinski definition) is 4. The van der Waals surface area contributed by atoms with Gasteiger partial charge in [0.05, 0.1) is 22.8 Å². The van der Waals surface area contributed by atoms with Gasteiger partial charge in [-0.25, -0.2) is 13.2 Å². The topological polar surface area (TPSA) is 63.7 Å². The summed E-state index contributed by atoms with van der Waals surface area (Å²) in [6, 6.07) is 13.1. The predicted molar refractivity (Wildman–Crippen MR) is 89.2 cm³/mol. The highest BCUT2D eigenvalue weighted by molar-refractivity contribution is 7.92. The Bertz CT molecular complexity index is 801. The second-order valence-corrected chi connectivity index (χ2v) is 6.93. The number of carbonyl (C=O) groups excluding carboxylic acids is 1. The Labute approximate surface area is 136 Å². The molecule has 0 spiro atoms. The zero-order valence-electron chi connectivity index (χ0n) is 13.3. The van der Waals surface area contributed by atoms with Crippen molar-refractivity contribution >= 4 is 21.7 Å². The molecule has 0 N–H and O–H groups in total. The lowest BCUT2D eigenvalue weighted by atomic mass is 10.1. The minimum atomic E-state index is -3.69. The number of hydrogen-bond donors (Lipinski definition) is 0. The van der Waals surface area contributed by atoms with E-state index in [-0.39, 0.29) is 11.5 Å². The smallest absolute Gasteiger partial charge is 0.338 e. The van der Waals surface area contributed by atoms with E-state index >= 15 is 0 Å². The molecule has 0 aliphatic carbocycles. The van der Waals surface area contributed by atoms with E-state index in [2.05, 4.69) is 0 Å². The van der Waals surface area contributed by atoms with Gasteiger partial charge in [-0.3, -0.25) is 4.31 Å². The Morgan fingerprint density at radius 1 is 1.09 bits per heavy atom. The molecule has 0 amide bonds. The summed E-state index contributed by atoms with van der Waals surface area (Å²) in [6.07, 6.45) is 0. The fourth-order valence-corrected chi connectivity index (χ4v) is 3.55. The summed E-state index contributed by atoms with van der Waals surface area (Å²) < 4.78 is 31.6. The maximum Gasteiger partial charge on any atom is 0.338 e. The maximum atomic E-state index is 12.7. The van der Waals surface area contributed by atoms with Crippen molar-refractivity contribution in [2.45, 2.75) is 18.7 Å². The van der Waals surface area contributed by atoms with Crippen LogP contribution in [0.15, 0.2) is 53.4 Å². The number of sulfonamides is 1. The normalized spacial score (nSPS) is 11.1. The van der Waals surface area contributed by atoms with Crippen LogP contribution in [0, 0.1) is 6.92 Å². The summed E-state index contributed by atoms with van der Waals surface area (Å²) in [5.41, 5.74) is 1.37. The molecule has 0 heterocycles.